The Morgan fingerprint density at radius 1 is 1.33 bits per heavy atom. The summed E-state index contributed by atoms with van der Waals surface area (Å²) in [5, 5.41) is 14.4. The third-order valence-electron chi connectivity index (χ3n) is 2.60. The van der Waals surface area contributed by atoms with Crippen molar-refractivity contribution in [2.75, 3.05) is 5.32 Å². The molecule has 0 saturated carbocycles. The van der Waals surface area contributed by atoms with Gasteiger partial charge in [-0.2, -0.15) is 0 Å². The van der Waals surface area contributed by atoms with E-state index in [1.807, 2.05) is 35.7 Å². The Bertz CT molecular complexity index is 520. The molecule has 2 aromatic rings. The van der Waals surface area contributed by atoms with E-state index in [1.54, 1.807) is 24.3 Å². The Balaban J connectivity index is 2.07. The normalized spacial score (nSPS) is 12.1. The third-order valence-corrected chi connectivity index (χ3v) is 3.48. The van der Waals surface area contributed by atoms with Gasteiger partial charge >= 0.3 is 0 Å². The fraction of sp³-hybridized carbons (Fsp3) is 0.214. The van der Waals surface area contributed by atoms with Crippen molar-refractivity contribution in [3.8, 4) is 0 Å². The zero-order valence-electron chi connectivity index (χ0n) is 10.1. The van der Waals surface area contributed by atoms with E-state index in [9.17, 15) is 9.90 Å². The molecule has 1 aromatic heterocycles. The van der Waals surface area contributed by atoms with Crippen LogP contribution in [0.25, 0.3) is 0 Å². The number of aliphatic hydroxyl groups excluding tert-OH is 1. The summed E-state index contributed by atoms with van der Waals surface area (Å²) in [6, 6.07) is 11.2. The summed E-state index contributed by atoms with van der Waals surface area (Å²) in [4.78, 5) is 12.9. The molecule has 1 heterocycles. The number of hydrogen-bond donors (Lipinski definition) is 2. The summed E-state index contributed by atoms with van der Waals surface area (Å²) in [6.07, 6.45) is -0.227. The van der Waals surface area contributed by atoms with Gasteiger partial charge in [-0.15, -0.1) is 11.3 Å². The highest BCUT2D eigenvalue weighted by atomic mass is 32.1. The molecule has 0 spiro atoms. The lowest BCUT2D eigenvalue weighted by atomic mass is 10.1. The Labute approximate surface area is 110 Å². The van der Waals surface area contributed by atoms with E-state index >= 15 is 0 Å². The predicted molar refractivity (Wildman–Crippen MR) is 73.7 cm³/mol. The van der Waals surface area contributed by atoms with E-state index in [-0.39, 0.29) is 5.91 Å². The van der Waals surface area contributed by atoms with Gasteiger partial charge in [0, 0.05) is 16.1 Å². The number of carbonyl (C=O) groups excluding carboxylic acids is 1. The fourth-order valence-corrected chi connectivity index (χ4v) is 2.44. The SMILES string of the molecule is CC(O)c1ccccc1NC(=O)Cc1cccs1. The topological polar surface area (TPSA) is 49.3 Å². The maximum absolute atomic E-state index is 11.9. The molecule has 0 aliphatic carbocycles. The zero-order chi connectivity index (χ0) is 13.0. The zero-order valence-corrected chi connectivity index (χ0v) is 10.9. The minimum absolute atomic E-state index is 0.0643. The molecule has 2 rings (SSSR count). The van der Waals surface area contributed by atoms with Crippen molar-refractivity contribution in [3.05, 3.63) is 52.2 Å². The van der Waals surface area contributed by atoms with Crippen LogP contribution in [0.5, 0.6) is 0 Å². The van der Waals surface area contributed by atoms with Gasteiger partial charge in [-0.1, -0.05) is 24.3 Å². The van der Waals surface area contributed by atoms with Gasteiger partial charge in [-0.3, -0.25) is 4.79 Å². The van der Waals surface area contributed by atoms with E-state index in [0.29, 0.717) is 12.1 Å². The van der Waals surface area contributed by atoms with E-state index in [0.717, 1.165) is 10.4 Å². The second kappa shape index (κ2) is 5.80. The van der Waals surface area contributed by atoms with Crippen LogP contribution in [0.3, 0.4) is 0 Å². The molecule has 94 valence electrons. The fourth-order valence-electron chi connectivity index (χ4n) is 1.74. The van der Waals surface area contributed by atoms with Crippen molar-refractivity contribution in [2.45, 2.75) is 19.4 Å². The molecule has 0 radical (unpaired) electrons. The molecule has 18 heavy (non-hydrogen) atoms. The number of thiophene rings is 1. The van der Waals surface area contributed by atoms with Gasteiger partial charge in [-0.05, 0) is 24.4 Å². The molecule has 1 amide bonds. The highest BCUT2D eigenvalue weighted by Crippen LogP contribution is 2.22. The lowest BCUT2D eigenvalue weighted by molar-refractivity contribution is -0.115. The van der Waals surface area contributed by atoms with Crippen LogP contribution in [0.4, 0.5) is 5.69 Å². The van der Waals surface area contributed by atoms with Crippen molar-refractivity contribution in [1.29, 1.82) is 0 Å². The van der Waals surface area contributed by atoms with Crippen LogP contribution in [0.15, 0.2) is 41.8 Å². The van der Waals surface area contributed by atoms with Crippen molar-refractivity contribution < 1.29 is 9.90 Å². The molecule has 0 saturated heterocycles. The number of aliphatic hydroxyl groups is 1. The van der Waals surface area contributed by atoms with Gasteiger partial charge in [-0.25, -0.2) is 0 Å². The Hall–Kier alpha value is -1.65. The number of rotatable bonds is 4. The van der Waals surface area contributed by atoms with Crippen molar-refractivity contribution in [2.24, 2.45) is 0 Å². The predicted octanol–water partition coefficient (Wildman–Crippen LogP) is 2.98. The molecule has 1 atom stereocenters. The average Bonchev–Trinajstić information content (AvgIpc) is 2.82. The van der Waals surface area contributed by atoms with Gasteiger partial charge < -0.3 is 10.4 Å². The molecular weight excluding hydrogens is 246 g/mol. The first-order chi connectivity index (χ1) is 8.66. The quantitative estimate of drug-likeness (QED) is 0.889. The number of carbonyl (C=O) groups is 1. The summed E-state index contributed by atoms with van der Waals surface area (Å²) in [6.45, 7) is 1.68. The third kappa shape index (κ3) is 3.18. The monoisotopic (exact) mass is 261 g/mol. The molecule has 0 bridgehead atoms. The Kier molecular flexibility index (Phi) is 4.12. The number of anilines is 1. The number of nitrogens with one attached hydrogen (secondary N) is 1. The van der Waals surface area contributed by atoms with E-state index in [2.05, 4.69) is 5.32 Å². The van der Waals surface area contributed by atoms with Crippen LogP contribution in [0, 0.1) is 0 Å². The van der Waals surface area contributed by atoms with Crippen LogP contribution < -0.4 is 5.32 Å². The molecule has 0 aliphatic heterocycles. The highest BCUT2D eigenvalue weighted by molar-refractivity contribution is 7.10. The number of hydrogen-bond acceptors (Lipinski definition) is 3. The van der Waals surface area contributed by atoms with Gasteiger partial charge in [0.1, 0.15) is 0 Å². The minimum atomic E-state index is -0.594. The molecule has 0 aliphatic rings. The Morgan fingerprint density at radius 3 is 2.78 bits per heavy atom. The van der Waals surface area contributed by atoms with Gasteiger partial charge in [0.25, 0.3) is 0 Å². The minimum Gasteiger partial charge on any atom is -0.389 e. The second-order valence-corrected chi connectivity index (χ2v) is 5.10. The van der Waals surface area contributed by atoms with Crippen LogP contribution in [-0.4, -0.2) is 11.0 Å². The Morgan fingerprint density at radius 2 is 2.11 bits per heavy atom. The highest BCUT2D eigenvalue weighted by Gasteiger charge is 2.10. The van der Waals surface area contributed by atoms with E-state index in [4.69, 9.17) is 0 Å². The van der Waals surface area contributed by atoms with E-state index in [1.165, 1.54) is 0 Å². The van der Waals surface area contributed by atoms with Crippen molar-refractivity contribution in [3.63, 3.8) is 0 Å². The second-order valence-electron chi connectivity index (χ2n) is 4.07. The van der Waals surface area contributed by atoms with Crippen LogP contribution in [0.2, 0.25) is 0 Å². The maximum atomic E-state index is 11.9. The average molecular weight is 261 g/mol. The lowest BCUT2D eigenvalue weighted by Crippen LogP contribution is -2.15. The first-order valence-electron chi connectivity index (χ1n) is 5.76. The summed E-state index contributed by atoms with van der Waals surface area (Å²) in [7, 11) is 0. The standard InChI is InChI=1S/C14H15NO2S/c1-10(16)12-6-2-3-7-13(12)15-14(17)9-11-5-4-8-18-11/h2-8,10,16H,9H2,1H3,(H,15,17). The van der Waals surface area contributed by atoms with Crippen molar-refractivity contribution in [1.82, 2.24) is 0 Å². The summed E-state index contributed by atoms with van der Waals surface area (Å²) in [5.41, 5.74) is 1.41. The summed E-state index contributed by atoms with van der Waals surface area (Å²) < 4.78 is 0. The van der Waals surface area contributed by atoms with Crippen LogP contribution in [-0.2, 0) is 11.2 Å². The van der Waals surface area contributed by atoms with Gasteiger partial charge in [0.05, 0.1) is 12.5 Å². The molecule has 0 fully saturated rings. The molecule has 4 heteroatoms. The molecule has 1 unspecified atom stereocenters. The number of benzene rings is 1. The summed E-state index contributed by atoms with van der Waals surface area (Å²) >= 11 is 1.56. The smallest absolute Gasteiger partial charge is 0.229 e. The first kappa shape index (κ1) is 12.8. The van der Waals surface area contributed by atoms with Gasteiger partial charge in [0.15, 0.2) is 0 Å². The number of para-hydroxylation sites is 1. The lowest BCUT2D eigenvalue weighted by Gasteiger charge is -2.12. The maximum Gasteiger partial charge on any atom is 0.229 e. The van der Waals surface area contributed by atoms with Crippen molar-refractivity contribution >= 4 is 22.9 Å². The van der Waals surface area contributed by atoms with Crippen LogP contribution in [0.1, 0.15) is 23.5 Å². The summed E-state index contributed by atoms with van der Waals surface area (Å²) in [5.74, 6) is -0.0643. The first-order valence-corrected chi connectivity index (χ1v) is 6.64. The van der Waals surface area contributed by atoms with Gasteiger partial charge in [0.2, 0.25) is 5.91 Å². The van der Waals surface area contributed by atoms with E-state index < -0.39 is 6.10 Å². The van der Waals surface area contributed by atoms with Crippen LogP contribution >= 0.6 is 11.3 Å². The molecule has 2 N–H and O–H groups in total. The molecule has 3 nitrogen and oxygen atoms in total. The molecule has 1 aromatic carbocycles. The largest absolute Gasteiger partial charge is 0.389 e. The molecular formula is C14H15NO2S. The number of amides is 1.